The summed E-state index contributed by atoms with van der Waals surface area (Å²) in [6.45, 7) is 6.39. The molecule has 8 heteroatoms. The molecule has 0 aliphatic carbocycles. The van der Waals surface area contributed by atoms with Gasteiger partial charge in [0.1, 0.15) is 5.60 Å². The second-order valence-corrected chi connectivity index (χ2v) is 7.67. The summed E-state index contributed by atoms with van der Waals surface area (Å²) < 4.78 is 34.9. The molecule has 1 aromatic rings. The molecule has 0 bridgehead atoms. The van der Waals surface area contributed by atoms with Crippen LogP contribution in [0.1, 0.15) is 27.7 Å². The number of alkyl carbamates (subject to hydrolysis) is 1. The first kappa shape index (κ1) is 19.0. The van der Waals surface area contributed by atoms with E-state index in [1.165, 1.54) is 31.2 Å². The highest BCUT2D eigenvalue weighted by Crippen LogP contribution is 2.16. The van der Waals surface area contributed by atoms with Gasteiger partial charge in [-0.1, -0.05) is 18.2 Å². The molecule has 1 amide bonds. The highest BCUT2D eigenvalue weighted by molar-refractivity contribution is 7.92. The molecule has 0 heterocycles. The highest BCUT2D eigenvalue weighted by Gasteiger charge is 2.37. The minimum Gasteiger partial charge on any atom is -0.464 e. The molecule has 0 fully saturated rings. The fraction of sp³-hybridized carbons (Fsp3) is 0.467. The van der Waals surface area contributed by atoms with E-state index in [1.807, 2.05) is 0 Å². The Balaban J connectivity index is 3.11. The largest absolute Gasteiger partial charge is 0.464 e. The zero-order valence-corrected chi connectivity index (χ0v) is 14.3. The van der Waals surface area contributed by atoms with Crippen molar-refractivity contribution < 1.29 is 27.5 Å². The Morgan fingerprint density at radius 1 is 1.17 bits per heavy atom. The van der Waals surface area contributed by atoms with Gasteiger partial charge in [0.2, 0.25) is 15.2 Å². The van der Waals surface area contributed by atoms with Crippen LogP contribution in [0.3, 0.4) is 0 Å². The average Bonchev–Trinajstić information content (AvgIpc) is 2.44. The second-order valence-electron chi connectivity index (χ2n) is 5.64. The molecule has 0 saturated carbocycles. The number of rotatable bonds is 5. The molecule has 1 N–H and O–H groups in total. The van der Waals surface area contributed by atoms with Crippen LogP contribution in [0.15, 0.2) is 35.2 Å². The molecule has 23 heavy (non-hydrogen) atoms. The number of benzene rings is 1. The summed E-state index contributed by atoms with van der Waals surface area (Å²) in [5.41, 5.74) is -0.834. The first-order valence-corrected chi connectivity index (χ1v) is 8.57. The van der Waals surface area contributed by atoms with Crippen molar-refractivity contribution >= 4 is 21.9 Å². The summed E-state index contributed by atoms with van der Waals surface area (Å²) in [7, 11) is -4.16. The fourth-order valence-corrected chi connectivity index (χ4v) is 3.02. The summed E-state index contributed by atoms with van der Waals surface area (Å²) in [6.07, 6.45) is -1.02. The number of carbonyl (C=O) groups excluding carboxylic acids is 2. The standard InChI is InChI=1S/C15H21NO6S/c1-5-21-13(17)12(16-14(18)22-15(2,3)4)23(19,20)11-9-7-6-8-10-11/h6-10,12H,5H2,1-4H3,(H,16,18). The van der Waals surface area contributed by atoms with Crippen LogP contribution in [0.5, 0.6) is 0 Å². The summed E-state index contributed by atoms with van der Waals surface area (Å²) in [5, 5.41) is 0.198. The summed E-state index contributed by atoms with van der Waals surface area (Å²) in [5.74, 6) is -1.07. The lowest BCUT2D eigenvalue weighted by Crippen LogP contribution is -2.48. The van der Waals surface area contributed by atoms with Gasteiger partial charge in [0.25, 0.3) is 0 Å². The van der Waals surface area contributed by atoms with Crippen molar-refractivity contribution in [3.8, 4) is 0 Å². The fourth-order valence-electron chi connectivity index (χ4n) is 1.64. The van der Waals surface area contributed by atoms with Crippen LogP contribution in [0.2, 0.25) is 0 Å². The van der Waals surface area contributed by atoms with Gasteiger partial charge in [-0.25, -0.2) is 18.0 Å². The van der Waals surface area contributed by atoms with Gasteiger partial charge in [0, 0.05) is 0 Å². The third-order valence-corrected chi connectivity index (χ3v) is 4.39. The number of nitrogens with one attached hydrogen (secondary N) is 1. The van der Waals surface area contributed by atoms with E-state index < -0.39 is 32.9 Å². The number of hydrogen-bond donors (Lipinski definition) is 1. The first-order valence-electron chi connectivity index (χ1n) is 7.03. The molecule has 0 aliphatic heterocycles. The zero-order valence-electron chi connectivity index (χ0n) is 13.5. The van der Waals surface area contributed by atoms with Gasteiger partial charge in [-0.3, -0.25) is 5.32 Å². The quantitative estimate of drug-likeness (QED) is 0.820. The van der Waals surface area contributed by atoms with Crippen LogP contribution in [0.25, 0.3) is 0 Å². The Hall–Kier alpha value is -2.09. The van der Waals surface area contributed by atoms with Crippen molar-refractivity contribution in [2.45, 2.75) is 43.6 Å². The molecule has 1 atom stereocenters. The summed E-state index contributed by atoms with van der Waals surface area (Å²) >= 11 is 0. The molecule has 0 spiro atoms. The molecule has 0 aromatic heterocycles. The van der Waals surface area contributed by atoms with E-state index in [4.69, 9.17) is 9.47 Å². The highest BCUT2D eigenvalue weighted by atomic mass is 32.2. The second kappa shape index (κ2) is 7.45. The number of sulfone groups is 1. The summed E-state index contributed by atoms with van der Waals surface area (Å²) in [6, 6.07) is 7.33. The minimum atomic E-state index is -4.16. The van der Waals surface area contributed by atoms with Crippen LogP contribution in [-0.2, 0) is 24.1 Å². The first-order chi connectivity index (χ1) is 10.6. The lowest BCUT2D eigenvalue weighted by molar-refractivity contribution is -0.143. The molecule has 0 saturated heterocycles. The average molecular weight is 343 g/mol. The third kappa shape index (κ3) is 5.55. The molecule has 0 aliphatic rings. The molecule has 1 rings (SSSR count). The van der Waals surface area contributed by atoms with Crippen LogP contribution < -0.4 is 5.32 Å². The third-order valence-electron chi connectivity index (χ3n) is 2.53. The van der Waals surface area contributed by atoms with Crippen molar-refractivity contribution in [3.63, 3.8) is 0 Å². The Morgan fingerprint density at radius 3 is 2.22 bits per heavy atom. The minimum absolute atomic E-state index is 0.0182. The van der Waals surface area contributed by atoms with Gasteiger partial charge in [0.15, 0.2) is 0 Å². The van der Waals surface area contributed by atoms with Gasteiger partial charge in [-0.2, -0.15) is 0 Å². The van der Waals surface area contributed by atoms with Crippen molar-refractivity contribution in [2.75, 3.05) is 6.61 Å². The van der Waals surface area contributed by atoms with E-state index in [-0.39, 0.29) is 11.5 Å². The van der Waals surface area contributed by atoms with Crippen molar-refractivity contribution in [1.82, 2.24) is 5.32 Å². The van der Waals surface area contributed by atoms with Crippen LogP contribution in [0, 0.1) is 0 Å². The maximum absolute atomic E-state index is 12.6. The lowest BCUT2D eigenvalue weighted by atomic mass is 10.2. The smallest absolute Gasteiger partial charge is 0.409 e. The monoisotopic (exact) mass is 343 g/mol. The van der Waals surface area contributed by atoms with E-state index in [9.17, 15) is 18.0 Å². The molecule has 1 aromatic carbocycles. The molecular formula is C15H21NO6S. The molecule has 128 valence electrons. The predicted octanol–water partition coefficient (Wildman–Crippen LogP) is 1.87. The predicted molar refractivity (Wildman–Crippen MR) is 83.4 cm³/mol. The lowest BCUT2D eigenvalue weighted by Gasteiger charge is -2.22. The Bertz CT molecular complexity index is 648. The Kier molecular flexibility index (Phi) is 6.14. The molecule has 1 unspecified atom stereocenters. The van der Waals surface area contributed by atoms with Gasteiger partial charge in [-0.15, -0.1) is 0 Å². The van der Waals surface area contributed by atoms with Crippen LogP contribution >= 0.6 is 0 Å². The van der Waals surface area contributed by atoms with E-state index in [0.29, 0.717) is 0 Å². The van der Waals surface area contributed by atoms with Crippen molar-refractivity contribution in [1.29, 1.82) is 0 Å². The van der Waals surface area contributed by atoms with E-state index in [2.05, 4.69) is 5.32 Å². The van der Waals surface area contributed by atoms with Crippen LogP contribution in [-0.4, -0.2) is 38.1 Å². The SMILES string of the molecule is CCOC(=O)C(NC(=O)OC(C)(C)C)S(=O)(=O)c1ccccc1. The number of esters is 1. The van der Waals surface area contributed by atoms with E-state index in [1.54, 1.807) is 26.8 Å². The molecule has 7 nitrogen and oxygen atoms in total. The number of amides is 1. The van der Waals surface area contributed by atoms with Gasteiger partial charge in [0.05, 0.1) is 11.5 Å². The number of hydrogen-bond acceptors (Lipinski definition) is 6. The van der Waals surface area contributed by atoms with E-state index >= 15 is 0 Å². The number of carbonyl (C=O) groups is 2. The normalized spacial score (nSPS) is 13.0. The maximum Gasteiger partial charge on any atom is 0.409 e. The molecular weight excluding hydrogens is 322 g/mol. The van der Waals surface area contributed by atoms with Gasteiger partial charge >= 0.3 is 12.1 Å². The van der Waals surface area contributed by atoms with Crippen molar-refractivity contribution in [3.05, 3.63) is 30.3 Å². The topological polar surface area (TPSA) is 98.8 Å². The van der Waals surface area contributed by atoms with Crippen molar-refractivity contribution in [2.24, 2.45) is 0 Å². The van der Waals surface area contributed by atoms with Gasteiger partial charge in [-0.05, 0) is 39.8 Å². The molecule has 0 radical (unpaired) electrons. The maximum atomic E-state index is 12.6. The number of ether oxygens (including phenoxy) is 2. The van der Waals surface area contributed by atoms with Gasteiger partial charge < -0.3 is 9.47 Å². The van der Waals surface area contributed by atoms with Crippen LogP contribution in [0.4, 0.5) is 4.79 Å². The zero-order chi connectivity index (χ0) is 17.7. The Morgan fingerprint density at radius 2 is 1.74 bits per heavy atom. The summed E-state index contributed by atoms with van der Waals surface area (Å²) in [4.78, 5) is 23.7. The Labute approximate surface area is 135 Å². The van der Waals surface area contributed by atoms with E-state index in [0.717, 1.165) is 0 Å².